The Kier molecular flexibility index (Phi) is 4.25. The number of ether oxygens (including phenoxy) is 1. The molecule has 7 heteroatoms. The number of hydrogen-bond donors (Lipinski definition) is 1. The maximum Gasteiger partial charge on any atom is 0.272 e. The predicted octanol–water partition coefficient (Wildman–Crippen LogP) is 4.42. The van der Waals surface area contributed by atoms with E-state index in [2.05, 4.69) is 15.2 Å². The van der Waals surface area contributed by atoms with Crippen molar-refractivity contribution in [1.29, 1.82) is 0 Å². The van der Waals surface area contributed by atoms with Crippen molar-refractivity contribution in [2.45, 2.75) is 13.5 Å². The summed E-state index contributed by atoms with van der Waals surface area (Å²) in [6.07, 6.45) is 0. The number of nitro benzene ring substituents is 1. The van der Waals surface area contributed by atoms with Crippen LogP contribution < -0.4 is 4.74 Å². The van der Waals surface area contributed by atoms with Gasteiger partial charge >= 0.3 is 0 Å². The van der Waals surface area contributed by atoms with Crippen molar-refractivity contribution in [2.75, 3.05) is 0 Å². The molecular weight excluding hydrogens is 344 g/mol. The number of hydrogen-bond acceptors (Lipinski definition) is 5. The molecule has 7 nitrogen and oxygen atoms in total. The fourth-order valence-electron chi connectivity index (χ4n) is 2.90. The Balaban J connectivity index is 1.49. The molecule has 0 unspecified atom stereocenters. The Morgan fingerprint density at radius 2 is 1.89 bits per heavy atom. The summed E-state index contributed by atoms with van der Waals surface area (Å²) in [4.78, 5) is 14.9. The average Bonchev–Trinajstić information content (AvgIpc) is 3.15. The second-order valence-electron chi connectivity index (χ2n) is 6.16. The molecule has 27 heavy (non-hydrogen) atoms. The molecule has 0 amide bonds. The van der Waals surface area contributed by atoms with Crippen LogP contribution >= 0.6 is 0 Å². The summed E-state index contributed by atoms with van der Waals surface area (Å²) in [7, 11) is 0. The summed E-state index contributed by atoms with van der Waals surface area (Å²) in [5.74, 6) is 1.80. The van der Waals surface area contributed by atoms with Crippen LogP contribution in [0.3, 0.4) is 0 Å². The molecule has 0 saturated carbocycles. The highest BCUT2D eigenvalue weighted by atomic mass is 16.6. The van der Waals surface area contributed by atoms with E-state index in [9.17, 15) is 10.1 Å². The summed E-state index contributed by atoms with van der Waals surface area (Å²) < 4.78 is 5.80. The van der Waals surface area contributed by atoms with Gasteiger partial charge in [-0.2, -0.15) is 5.10 Å². The van der Waals surface area contributed by atoms with Gasteiger partial charge in [0.05, 0.1) is 4.92 Å². The molecule has 0 bridgehead atoms. The lowest BCUT2D eigenvalue weighted by Gasteiger charge is -2.05. The van der Waals surface area contributed by atoms with Crippen LogP contribution in [0.2, 0.25) is 0 Å². The highest BCUT2D eigenvalue weighted by molar-refractivity contribution is 5.83. The molecule has 4 rings (SSSR count). The zero-order valence-corrected chi connectivity index (χ0v) is 14.5. The highest BCUT2D eigenvalue weighted by Gasteiger charge is 2.13. The van der Waals surface area contributed by atoms with E-state index in [-0.39, 0.29) is 12.3 Å². The number of nitrogens with zero attached hydrogens (tertiary/aromatic N) is 3. The van der Waals surface area contributed by atoms with Crippen molar-refractivity contribution in [3.63, 3.8) is 0 Å². The molecule has 0 fully saturated rings. The number of nitro groups is 1. The van der Waals surface area contributed by atoms with Gasteiger partial charge in [0.15, 0.2) is 11.6 Å². The molecular formula is C20H16N4O3. The number of nitrogens with one attached hydrogen (secondary N) is 1. The molecule has 1 N–H and O–H groups in total. The van der Waals surface area contributed by atoms with Gasteiger partial charge in [-0.3, -0.25) is 15.2 Å². The number of aromatic nitrogens is 3. The van der Waals surface area contributed by atoms with E-state index in [1.807, 2.05) is 42.5 Å². The first-order valence-electron chi connectivity index (χ1n) is 8.38. The van der Waals surface area contributed by atoms with Gasteiger partial charge in [-0.05, 0) is 42.0 Å². The maximum absolute atomic E-state index is 10.9. The van der Waals surface area contributed by atoms with Crippen molar-refractivity contribution < 1.29 is 9.66 Å². The first-order chi connectivity index (χ1) is 13.1. The van der Waals surface area contributed by atoms with Gasteiger partial charge in [0.1, 0.15) is 12.4 Å². The fraction of sp³-hybridized carbons (Fsp3) is 0.100. The third-order valence-electron chi connectivity index (χ3n) is 4.28. The Hall–Kier alpha value is -3.74. The van der Waals surface area contributed by atoms with Gasteiger partial charge in [-0.15, -0.1) is 0 Å². The van der Waals surface area contributed by atoms with Gasteiger partial charge in [0.25, 0.3) is 5.69 Å². The van der Waals surface area contributed by atoms with E-state index in [1.165, 1.54) is 6.07 Å². The van der Waals surface area contributed by atoms with Gasteiger partial charge in [0, 0.05) is 17.2 Å². The molecule has 3 aromatic carbocycles. The number of rotatable bonds is 5. The Morgan fingerprint density at radius 3 is 2.67 bits per heavy atom. The molecule has 0 radical (unpaired) electrons. The molecule has 4 aromatic rings. The minimum absolute atomic E-state index is 0.0779. The summed E-state index contributed by atoms with van der Waals surface area (Å²) in [5, 5.41) is 20.2. The Morgan fingerprint density at radius 1 is 1.07 bits per heavy atom. The number of fused-ring (bicyclic) bond motifs is 1. The first kappa shape index (κ1) is 16.7. The lowest BCUT2D eigenvalue weighted by molar-refractivity contribution is -0.385. The van der Waals surface area contributed by atoms with Crippen LogP contribution in [-0.4, -0.2) is 20.1 Å². The number of aryl methyl sites for hydroxylation is 1. The van der Waals surface area contributed by atoms with Crippen molar-refractivity contribution in [3.8, 4) is 17.1 Å². The van der Waals surface area contributed by atoms with Crippen molar-refractivity contribution in [3.05, 3.63) is 82.2 Å². The third-order valence-corrected chi connectivity index (χ3v) is 4.28. The molecule has 0 aliphatic carbocycles. The van der Waals surface area contributed by atoms with Crippen LogP contribution in [0.15, 0.2) is 60.7 Å². The zero-order chi connectivity index (χ0) is 18.8. The van der Waals surface area contributed by atoms with Gasteiger partial charge in [-0.1, -0.05) is 30.3 Å². The van der Waals surface area contributed by atoms with E-state index in [4.69, 9.17) is 4.74 Å². The molecule has 134 valence electrons. The van der Waals surface area contributed by atoms with Crippen molar-refractivity contribution in [2.24, 2.45) is 0 Å². The SMILES string of the molecule is Cc1cc(-c2n[nH]c(COc3ccc4ccccc4c3)n2)ccc1[N+](=O)[O-]. The number of benzene rings is 3. The van der Waals surface area contributed by atoms with Crippen LogP contribution in [0, 0.1) is 17.0 Å². The van der Waals surface area contributed by atoms with Crippen LogP contribution in [0.25, 0.3) is 22.2 Å². The highest BCUT2D eigenvalue weighted by Crippen LogP contribution is 2.24. The molecule has 1 aromatic heterocycles. The van der Waals surface area contributed by atoms with Gasteiger partial charge in [-0.25, -0.2) is 4.98 Å². The van der Waals surface area contributed by atoms with Crippen molar-refractivity contribution in [1.82, 2.24) is 15.2 Å². The molecule has 1 heterocycles. The minimum Gasteiger partial charge on any atom is -0.486 e. The van der Waals surface area contributed by atoms with Crippen LogP contribution in [0.4, 0.5) is 5.69 Å². The van der Waals surface area contributed by atoms with E-state index in [1.54, 1.807) is 19.1 Å². The smallest absolute Gasteiger partial charge is 0.272 e. The maximum atomic E-state index is 10.9. The number of aromatic amines is 1. The second kappa shape index (κ2) is 6.87. The summed E-state index contributed by atoms with van der Waals surface area (Å²) >= 11 is 0. The standard InChI is InChI=1S/C20H16N4O3/c1-13-10-16(7-9-18(13)24(25)26)20-21-19(22-23-20)12-27-17-8-6-14-4-2-3-5-15(14)11-17/h2-11H,12H2,1H3,(H,21,22,23). The van der Waals surface area contributed by atoms with Crippen LogP contribution in [0.5, 0.6) is 5.75 Å². The number of H-pyrrole nitrogens is 1. The molecule has 0 saturated heterocycles. The fourth-order valence-corrected chi connectivity index (χ4v) is 2.90. The van der Waals surface area contributed by atoms with Gasteiger partial charge < -0.3 is 4.74 Å². The lowest BCUT2D eigenvalue weighted by atomic mass is 10.1. The predicted molar refractivity (Wildman–Crippen MR) is 101 cm³/mol. The first-order valence-corrected chi connectivity index (χ1v) is 8.38. The van der Waals surface area contributed by atoms with Crippen LogP contribution in [-0.2, 0) is 6.61 Å². The third kappa shape index (κ3) is 3.48. The zero-order valence-electron chi connectivity index (χ0n) is 14.5. The summed E-state index contributed by atoms with van der Waals surface area (Å²) in [6, 6.07) is 18.8. The van der Waals surface area contributed by atoms with E-state index in [0.29, 0.717) is 22.8 Å². The summed E-state index contributed by atoms with van der Waals surface area (Å²) in [6.45, 7) is 1.94. The van der Waals surface area contributed by atoms with Crippen molar-refractivity contribution >= 4 is 16.5 Å². The summed E-state index contributed by atoms with van der Waals surface area (Å²) in [5.41, 5.74) is 1.36. The van der Waals surface area contributed by atoms with Gasteiger partial charge in [0.2, 0.25) is 0 Å². The van der Waals surface area contributed by atoms with E-state index in [0.717, 1.165) is 16.5 Å². The molecule has 0 aliphatic heterocycles. The topological polar surface area (TPSA) is 93.9 Å². The minimum atomic E-state index is -0.403. The second-order valence-corrected chi connectivity index (χ2v) is 6.16. The molecule has 0 atom stereocenters. The van der Waals surface area contributed by atoms with Crippen LogP contribution in [0.1, 0.15) is 11.4 Å². The monoisotopic (exact) mass is 360 g/mol. The normalized spacial score (nSPS) is 10.9. The van der Waals surface area contributed by atoms with E-state index >= 15 is 0 Å². The quantitative estimate of drug-likeness (QED) is 0.420. The lowest BCUT2D eigenvalue weighted by Crippen LogP contribution is -1.97. The average molecular weight is 360 g/mol. The molecule has 0 aliphatic rings. The Labute approximate surface area is 154 Å². The molecule has 0 spiro atoms. The largest absolute Gasteiger partial charge is 0.486 e. The Bertz CT molecular complexity index is 1140. The van der Waals surface area contributed by atoms with E-state index < -0.39 is 4.92 Å².